The number of nitrogens with one attached hydrogen (secondary N) is 8. The Kier molecular flexibility index (Phi) is 28.6. The number of hydrogen-bond donors (Lipinski definition) is 10. The molecular weight excluding hydrogens is 801 g/mol. The molecule has 1 fully saturated rings. The van der Waals surface area contributed by atoms with E-state index >= 15 is 0 Å². The molecule has 1 aliphatic rings. The topological polar surface area (TPSA) is 285 Å². The largest absolute Gasteiger partial charge is 0.380 e. The highest BCUT2D eigenvalue weighted by atomic mass is 32.2. The molecule has 1 saturated heterocycles. The second-order valence-corrected chi connectivity index (χ2v) is 16.4. The molecule has 0 aromatic rings. The summed E-state index contributed by atoms with van der Waals surface area (Å²) in [6.07, 6.45) is 8.52. The third kappa shape index (κ3) is 25.2. The molecule has 20 heteroatoms. The normalized spacial score (nSPS) is 21.9. The third-order valence-electron chi connectivity index (χ3n) is 9.65. The van der Waals surface area contributed by atoms with Crippen LogP contribution in [0.2, 0.25) is 0 Å². The SMILES string of the molecule is CSCC[C@H](NC(=O)[C@@H]1CCCCNC(=O)CCCCC(=O)NCCCC[C@H](NC(C)=O)C(=O)N[C@@H](CCCCN)C(=O)N[C@@H](CCCCNC(C)=S)C(=O)N1)C(N)=O. The molecule has 0 aromatic heterocycles. The van der Waals surface area contributed by atoms with Crippen molar-refractivity contribution >= 4 is 76.2 Å². The van der Waals surface area contributed by atoms with E-state index in [1.165, 1.54) is 18.7 Å². The Bertz CT molecular complexity index is 1370. The van der Waals surface area contributed by atoms with Crippen molar-refractivity contribution in [3.63, 3.8) is 0 Å². The maximum atomic E-state index is 14.1. The fourth-order valence-electron chi connectivity index (χ4n) is 6.31. The maximum Gasteiger partial charge on any atom is 0.243 e. The molecule has 0 bridgehead atoms. The zero-order valence-corrected chi connectivity index (χ0v) is 36.8. The summed E-state index contributed by atoms with van der Waals surface area (Å²) < 4.78 is 0. The van der Waals surface area contributed by atoms with Gasteiger partial charge in [0.05, 0.1) is 4.99 Å². The quantitative estimate of drug-likeness (QED) is 0.0728. The van der Waals surface area contributed by atoms with E-state index in [2.05, 4.69) is 42.5 Å². The van der Waals surface area contributed by atoms with Gasteiger partial charge in [0, 0.05) is 39.4 Å². The van der Waals surface area contributed by atoms with Gasteiger partial charge in [-0.1, -0.05) is 12.2 Å². The number of carbonyl (C=O) groups excluding carboxylic acids is 8. The molecule has 0 aromatic carbocycles. The van der Waals surface area contributed by atoms with Crippen LogP contribution in [0.25, 0.3) is 0 Å². The Labute approximate surface area is 358 Å². The molecule has 0 aliphatic carbocycles. The zero-order chi connectivity index (χ0) is 44.0. The van der Waals surface area contributed by atoms with Crippen molar-refractivity contribution in [2.45, 2.75) is 153 Å². The highest BCUT2D eigenvalue weighted by molar-refractivity contribution is 7.98. The van der Waals surface area contributed by atoms with Crippen LogP contribution in [-0.4, -0.2) is 121 Å². The van der Waals surface area contributed by atoms with Crippen molar-refractivity contribution in [2.24, 2.45) is 11.5 Å². The first kappa shape index (κ1) is 53.0. The smallest absolute Gasteiger partial charge is 0.243 e. The number of hydrogen-bond acceptors (Lipinski definition) is 11. The third-order valence-corrected chi connectivity index (χ3v) is 10.4. The molecule has 0 radical (unpaired) electrons. The van der Waals surface area contributed by atoms with Gasteiger partial charge in [-0.25, -0.2) is 0 Å². The van der Waals surface area contributed by atoms with Crippen LogP contribution in [0, 0.1) is 0 Å². The molecule has 0 spiro atoms. The molecule has 0 unspecified atom stereocenters. The van der Waals surface area contributed by atoms with Gasteiger partial charge in [-0.3, -0.25) is 38.4 Å². The van der Waals surface area contributed by atoms with E-state index in [1.807, 2.05) is 6.26 Å². The Hall–Kier alpha value is -4.04. The van der Waals surface area contributed by atoms with Gasteiger partial charge in [-0.05, 0) is 122 Å². The lowest BCUT2D eigenvalue weighted by molar-refractivity contribution is -0.135. The van der Waals surface area contributed by atoms with Crippen LogP contribution in [0.15, 0.2) is 0 Å². The number of unbranched alkanes of at least 4 members (excludes halogenated alkanes) is 2. The van der Waals surface area contributed by atoms with Gasteiger partial charge in [-0.2, -0.15) is 11.8 Å². The van der Waals surface area contributed by atoms with Gasteiger partial charge < -0.3 is 54.0 Å². The van der Waals surface area contributed by atoms with E-state index in [0.29, 0.717) is 101 Å². The molecule has 336 valence electrons. The highest BCUT2D eigenvalue weighted by Gasteiger charge is 2.32. The lowest BCUT2D eigenvalue weighted by Crippen LogP contribution is -2.59. The summed E-state index contributed by atoms with van der Waals surface area (Å²) >= 11 is 6.59. The van der Waals surface area contributed by atoms with Crippen LogP contribution in [0.3, 0.4) is 0 Å². The first-order valence-corrected chi connectivity index (χ1v) is 22.7. The zero-order valence-electron chi connectivity index (χ0n) is 35.2. The van der Waals surface area contributed by atoms with Crippen molar-refractivity contribution in [1.82, 2.24) is 42.5 Å². The van der Waals surface area contributed by atoms with E-state index in [0.717, 1.165) is 0 Å². The molecule has 18 nitrogen and oxygen atoms in total. The fourth-order valence-corrected chi connectivity index (χ4v) is 6.89. The fraction of sp³-hybridized carbons (Fsp3) is 0.769. The van der Waals surface area contributed by atoms with E-state index in [4.69, 9.17) is 23.7 Å². The predicted octanol–water partition coefficient (Wildman–Crippen LogP) is 0.0519. The Morgan fingerprint density at radius 2 is 1.34 bits per heavy atom. The lowest BCUT2D eigenvalue weighted by atomic mass is 10.0. The number of primary amides is 1. The van der Waals surface area contributed by atoms with Crippen LogP contribution in [0.1, 0.15) is 123 Å². The second-order valence-electron chi connectivity index (χ2n) is 14.8. The van der Waals surface area contributed by atoms with E-state index < -0.39 is 65.7 Å². The first-order valence-electron chi connectivity index (χ1n) is 20.9. The molecule has 5 atom stereocenters. The summed E-state index contributed by atoms with van der Waals surface area (Å²) in [6, 6.07) is -5.26. The van der Waals surface area contributed by atoms with E-state index in [1.54, 1.807) is 6.92 Å². The number of carbonyl (C=O) groups is 8. The van der Waals surface area contributed by atoms with Crippen LogP contribution in [0.5, 0.6) is 0 Å². The minimum absolute atomic E-state index is 0.147. The standard InChI is InChI=1S/C39H70N10O8S2/c1-26(50)45-29-15-8-12-23-43-33(51)18-4-5-19-34(52)44-24-13-9-17-31(37(55)46-28(35(41)53)20-25-59-3)48-39(57)32(16-7-11-22-42-27(2)58)49-38(56)30(47-36(29)54)14-6-10-21-40/h28-32H,4-25,40H2,1-3H3,(H2,41,53)(H,42,58)(H,43,51)(H,44,52)(H,45,50)(H,46,55)(H,47,54)(H,48,57)(H,49,56)/t28-,29-,30-,31-,32-/m0/s1. The average molecular weight is 871 g/mol. The minimum atomic E-state index is -1.12. The summed E-state index contributed by atoms with van der Waals surface area (Å²) in [5, 5.41) is 22.5. The summed E-state index contributed by atoms with van der Waals surface area (Å²) in [6.45, 7) is 4.64. The minimum Gasteiger partial charge on any atom is -0.380 e. The second kappa shape index (κ2) is 31.8. The maximum absolute atomic E-state index is 14.1. The summed E-state index contributed by atoms with van der Waals surface area (Å²) in [5.41, 5.74) is 11.3. The van der Waals surface area contributed by atoms with Gasteiger partial charge in [-0.15, -0.1) is 0 Å². The molecule has 1 heterocycles. The molecule has 12 N–H and O–H groups in total. The molecule has 59 heavy (non-hydrogen) atoms. The van der Waals surface area contributed by atoms with Crippen molar-refractivity contribution in [3.05, 3.63) is 0 Å². The number of nitrogens with two attached hydrogens (primary N) is 2. The number of rotatable bonds is 16. The van der Waals surface area contributed by atoms with Gasteiger partial charge in [0.2, 0.25) is 47.3 Å². The number of thiocarbonyl (C=S) groups is 1. The summed E-state index contributed by atoms with van der Waals surface area (Å²) in [5.74, 6) is -3.37. The number of thioether (sulfide) groups is 1. The Morgan fingerprint density at radius 3 is 1.88 bits per heavy atom. The molecule has 8 amide bonds. The average Bonchev–Trinajstić information content (AvgIpc) is 3.17. The lowest BCUT2D eigenvalue weighted by Gasteiger charge is -2.27. The monoisotopic (exact) mass is 870 g/mol. The van der Waals surface area contributed by atoms with Crippen LogP contribution in [-0.2, 0) is 38.4 Å². The Balaban J connectivity index is 3.48. The van der Waals surface area contributed by atoms with Crippen LogP contribution < -0.4 is 54.0 Å². The van der Waals surface area contributed by atoms with E-state index in [-0.39, 0.29) is 56.8 Å². The molecular formula is C39H70N10O8S2. The van der Waals surface area contributed by atoms with Gasteiger partial charge >= 0.3 is 0 Å². The van der Waals surface area contributed by atoms with Gasteiger partial charge in [0.25, 0.3) is 0 Å². The van der Waals surface area contributed by atoms with Gasteiger partial charge in [0.15, 0.2) is 0 Å². The van der Waals surface area contributed by atoms with E-state index in [9.17, 15) is 38.4 Å². The van der Waals surface area contributed by atoms with Crippen molar-refractivity contribution in [3.8, 4) is 0 Å². The molecule has 0 saturated carbocycles. The van der Waals surface area contributed by atoms with Crippen molar-refractivity contribution < 1.29 is 38.4 Å². The van der Waals surface area contributed by atoms with Gasteiger partial charge in [0.1, 0.15) is 30.2 Å². The molecule has 1 rings (SSSR count). The van der Waals surface area contributed by atoms with Crippen LogP contribution in [0.4, 0.5) is 0 Å². The van der Waals surface area contributed by atoms with Crippen molar-refractivity contribution in [2.75, 3.05) is 38.2 Å². The summed E-state index contributed by atoms with van der Waals surface area (Å²) in [4.78, 5) is 105. The summed E-state index contributed by atoms with van der Waals surface area (Å²) in [7, 11) is 0. The molecule has 1 aliphatic heterocycles. The van der Waals surface area contributed by atoms with Crippen molar-refractivity contribution in [1.29, 1.82) is 0 Å². The predicted molar refractivity (Wildman–Crippen MR) is 233 cm³/mol. The van der Waals surface area contributed by atoms with Crippen LogP contribution >= 0.6 is 24.0 Å². The highest BCUT2D eigenvalue weighted by Crippen LogP contribution is 2.11. The Morgan fingerprint density at radius 1 is 0.780 bits per heavy atom. The number of amides is 8. The first-order chi connectivity index (χ1) is 28.2.